The number of imidazole rings is 1. The molecule has 0 bridgehead atoms. The number of nitrogens with two attached hydrogens (primary N) is 1. The lowest BCUT2D eigenvalue weighted by Crippen LogP contribution is -2.43. The smallest absolute Gasteiger partial charge is 0.364 e. The molecule has 1 heterocycles. The third kappa shape index (κ3) is 2.96. The van der Waals surface area contributed by atoms with Crippen LogP contribution in [0.4, 0.5) is 13.2 Å². The van der Waals surface area contributed by atoms with Crippen molar-refractivity contribution in [3.63, 3.8) is 0 Å². The van der Waals surface area contributed by atoms with Gasteiger partial charge in [-0.3, -0.25) is 0 Å². The minimum Gasteiger partial charge on any atom is -0.364 e. The normalized spacial score (nSPS) is 15.1. The quantitative estimate of drug-likeness (QED) is 0.838. The molecule has 16 heavy (non-hydrogen) atoms. The van der Waals surface area contributed by atoms with Gasteiger partial charge in [0.25, 0.3) is 0 Å². The first-order valence-corrected chi connectivity index (χ1v) is 4.69. The number of hydrogen-bond acceptors (Lipinski definition) is 3. The van der Waals surface area contributed by atoms with E-state index in [1.807, 2.05) is 0 Å². The van der Waals surface area contributed by atoms with E-state index in [4.69, 9.17) is 10.5 Å². The van der Waals surface area contributed by atoms with Crippen molar-refractivity contribution in [2.75, 3.05) is 6.61 Å². The molecule has 0 spiro atoms. The topological polar surface area (TPSA) is 63.9 Å². The SMILES string of the molecule is CC(C)(OC[C@H](N)c1ncc[nH]1)C(F)(F)F. The highest BCUT2D eigenvalue weighted by Crippen LogP contribution is 2.33. The monoisotopic (exact) mass is 237 g/mol. The molecule has 1 rings (SSSR count). The number of ether oxygens (including phenoxy) is 1. The number of aromatic nitrogens is 2. The van der Waals surface area contributed by atoms with Crippen LogP contribution in [0.2, 0.25) is 0 Å². The van der Waals surface area contributed by atoms with E-state index in [1.165, 1.54) is 6.20 Å². The Labute approximate surface area is 91.0 Å². The predicted molar refractivity (Wildman–Crippen MR) is 51.6 cm³/mol. The molecule has 7 heteroatoms. The Morgan fingerprint density at radius 2 is 2.12 bits per heavy atom. The summed E-state index contributed by atoms with van der Waals surface area (Å²) in [6.07, 6.45) is -1.40. The van der Waals surface area contributed by atoms with Crippen LogP contribution in [0.15, 0.2) is 12.4 Å². The van der Waals surface area contributed by atoms with E-state index in [0.717, 1.165) is 13.8 Å². The van der Waals surface area contributed by atoms with Crippen LogP contribution < -0.4 is 5.73 Å². The highest BCUT2D eigenvalue weighted by molar-refractivity contribution is 4.94. The average molecular weight is 237 g/mol. The van der Waals surface area contributed by atoms with Crippen LogP contribution in [0, 0.1) is 0 Å². The molecule has 1 aromatic heterocycles. The van der Waals surface area contributed by atoms with Gasteiger partial charge in [-0.05, 0) is 13.8 Å². The van der Waals surface area contributed by atoms with E-state index in [0.29, 0.717) is 5.82 Å². The molecule has 0 aliphatic rings. The first-order valence-electron chi connectivity index (χ1n) is 4.69. The van der Waals surface area contributed by atoms with E-state index in [2.05, 4.69) is 9.97 Å². The van der Waals surface area contributed by atoms with Crippen molar-refractivity contribution in [1.29, 1.82) is 0 Å². The first-order chi connectivity index (χ1) is 7.24. The number of aromatic amines is 1. The maximum absolute atomic E-state index is 12.4. The van der Waals surface area contributed by atoms with Crippen molar-refractivity contribution in [3.8, 4) is 0 Å². The fraction of sp³-hybridized carbons (Fsp3) is 0.667. The van der Waals surface area contributed by atoms with Crippen LogP contribution in [-0.2, 0) is 4.74 Å². The van der Waals surface area contributed by atoms with E-state index in [9.17, 15) is 13.2 Å². The number of H-pyrrole nitrogens is 1. The van der Waals surface area contributed by atoms with Gasteiger partial charge in [-0.25, -0.2) is 4.98 Å². The molecular formula is C9H14F3N3O. The second-order valence-corrected chi connectivity index (χ2v) is 3.90. The largest absolute Gasteiger partial charge is 0.416 e. The number of alkyl halides is 3. The summed E-state index contributed by atoms with van der Waals surface area (Å²) < 4.78 is 42.1. The predicted octanol–water partition coefficient (Wildman–Crippen LogP) is 1.77. The molecule has 92 valence electrons. The third-order valence-electron chi connectivity index (χ3n) is 2.18. The van der Waals surface area contributed by atoms with Gasteiger partial charge in [-0.2, -0.15) is 13.2 Å². The highest BCUT2D eigenvalue weighted by Gasteiger charge is 2.48. The second-order valence-electron chi connectivity index (χ2n) is 3.90. The van der Waals surface area contributed by atoms with Crippen molar-refractivity contribution in [3.05, 3.63) is 18.2 Å². The number of hydrogen-bond donors (Lipinski definition) is 2. The summed E-state index contributed by atoms with van der Waals surface area (Å²) in [7, 11) is 0. The van der Waals surface area contributed by atoms with Gasteiger partial charge in [0.2, 0.25) is 0 Å². The van der Waals surface area contributed by atoms with Gasteiger partial charge in [0, 0.05) is 12.4 Å². The van der Waals surface area contributed by atoms with Crippen molar-refractivity contribution in [2.45, 2.75) is 31.7 Å². The van der Waals surface area contributed by atoms with E-state index in [-0.39, 0.29) is 6.61 Å². The summed E-state index contributed by atoms with van der Waals surface area (Å²) in [5, 5.41) is 0. The van der Waals surface area contributed by atoms with E-state index in [1.54, 1.807) is 6.20 Å². The molecule has 0 saturated carbocycles. The standard InChI is InChI=1S/C9H14F3N3O/c1-8(2,9(10,11)12)16-5-6(13)7-14-3-4-15-7/h3-4,6H,5,13H2,1-2H3,(H,14,15)/t6-/m0/s1. The summed E-state index contributed by atoms with van der Waals surface area (Å²) in [5.41, 5.74) is 3.39. The Hall–Kier alpha value is -1.08. The molecule has 4 nitrogen and oxygen atoms in total. The lowest BCUT2D eigenvalue weighted by molar-refractivity contribution is -0.264. The fourth-order valence-electron chi connectivity index (χ4n) is 0.939. The third-order valence-corrected chi connectivity index (χ3v) is 2.18. The minimum atomic E-state index is -4.42. The molecule has 1 atom stereocenters. The fourth-order valence-corrected chi connectivity index (χ4v) is 0.939. The Balaban J connectivity index is 2.52. The van der Waals surface area contributed by atoms with Gasteiger partial charge in [-0.15, -0.1) is 0 Å². The van der Waals surface area contributed by atoms with Crippen LogP contribution in [0.5, 0.6) is 0 Å². The molecule has 1 aromatic rings. The van der Waals surface area contributed by atoms with Crippen LogP contribution in [0.25, 0.3) is 0 Å². The van der Waals surface area contributed by atoms with Crippen molar-refractivity contribution >= 4 is 0 Å². The van der Waals surface area contributed by atoms with Gasteiger partial charge in [-0.1, -0.05) is 0 Å². The Kier molecular flexibility index (Phi) is 3.59. The summed E-state index contributed by atoms with van der Waals surface area (Å²) in [6, 6.07) is -0.698. The number of rotatable bonds is 4. The Morgan fingerprint density at radius 1 is 1.50 bits per heavy atom. The molecule has 0 amide bonds. The molecule has 0 radical (unpaired) electrons. The van der Waals surface area contributed by atoms with Gasteiger partial charge in [0.05, 0.1) is 12.6 Å². The van der Waals surface area contributed by atoms with Gasteiger partial charge < -0.3 is 15.5 Å². The summed E-state index contributed by atoms with van der Waals surface area (Å²) in [5.74, 6) is 0.401. The number of halogens is 3. The Bertz CT molecular complexity index is 321. The molecule has 0 unspecified atom stereocenters. The maximum Gasteiger partial charge on any atom is 0.416 e. The van der Waals surface area contributed by atoms with Crippen molar-refractivity contribution < 1.29 is 17.9 Å². The molecule has 0 aliphatic carbocycles. The molecule has 3 N–H and O–H groups in total. The second kappa shape index (κ2) is 4.42. The van der Waals surface area contributed by atoms with Crippen LogP contribution in [-0.4, -0.2) is 28.4 Å². The maximum atomic E-state index is 12.4. The van der Waals surface area contributed by atoms with Crippen molar-refractivity contribution in [1.82, 2.24) is 9.97 Å². The summed E-state index contributed by atoms with van der Waals surface area (Å²) >= 11 is 0. The molecule has 0 fully saturated rings. The zero-order valence-corrected chi connectivity index (χ0v) is 9.01. The number of nitrogens with zero attached hydrogens (tertiary/aromatic N) is 1. The lowest BCUT2D eigenvalue weighted by Gasteiger charge is -2.28. The molecular weight excluding hydrogens is 223 g/mol. The van der Waals surface area contributed by atoms with Crippen LogP contribution >= 0.6 is 0 Å². The zero-order valence-electron chi connectivity index (χ0n) is 9.01. The zero-order chi connectivity index (χ0) is 12.4. The first kappa shape index (κ1) is 13.0. The summed E-state index contributed by atoms with van der Waals surface area (Å²) in [6.45, 7) is 1.67. The van der Waals surface area contributed by atoms with Crippen molar-refractivity contribution in [2.24, 2.45) is 5.73 Å². The van der Waals surface area contributed by atoms with Gasteiger partial charge >= 0.3 is 6.18 Å². The molecule has 0 saturated heterocycles. The highest BCUT2D eigenvalue weighted by atomic mass is 19.4. The van der Waals surface area contributed by atoms with Gasteiger partial charge in [0.1, 0.15) is 5.82 Å². The Morgan fingerprint density at radius 3 is 2.56 bits per heavy atom. The average Bonchev–Trinajstić information content (AvgIpc) is 2.65. The van der Waals surface area contributed by atoms with Crippen LogP contribution in [0.3, 0.4) is 0 Å². The molecule has 0 aromatic carbocycles. The van der Waals surface area contributed by atoms with Crippen LogP contribution in [0.1, 0.15) is 25.7 Å². The molecule has 0 aliphatic heterocycles. The minimum absolute atomic E-state index is 0.250. The van der Waals surface area contributed by atoms with Gasteiger partial charge in [0.15, 0.2) is 5.60 Å². The van der Waals surface area contributed by atoms with E-state index >= 15 is 0 Å². The summed E-state index contributed by atoms with van der Waals surface area (Å²) in [4.78, 5) is 6.55. The lowest BCUT2D eigenvalue weighted by atomic mass is 10.1. The van der Waals surface area contributed by atoms with E-state index < -0.39 is 17.8 Å². The number of nitrogens with one attached hydrogen (secondary N) is 1.